The van der Waals surface area contributed by atoms with E-state index in [0.29, 0.717) is 11.7 Å². The lowest BCUT2D eigenvalue weighted by atomic mass is 9.96. The lowest BCUT2D eigenvalue weighted by Crippen LogP contribution is -2.40. The minimum absolute atomic E-state index is 0.0339. The molecule has 1 aliphatic rings. The molecule has 3 aromatic rings. The van der Waals surface area contributed by atoms with Crippen LogP contribution in [0.25, 0.3) is 10.9 Å². The molecule has 28 heavy (non-hydrogen) atoms. The zero-order chi connectivity index (χ0) is 19.5. The first-order valence-corrected chi connectivity index (χ1v) is 10.4. The topological polar surface area (TPSA) is 71.0 Å². The molecule has 1 atom stereocenters. The van der Waals surface area contributed by atoms with E-state index in [2.05, 4.69) is 32.3 Å². The van der Waals surface area contributed by atoms with Gasteiger partial charge in [-0.2, -0.15) is 0 Å². The van der Waals surface area contributed by atoms with E-state index < -0.39 is 0 Å². The Kier molecular flexibility index (Phi) is 5.47. The number of hydrogen-bond donors (Lipinski definition) is 1. The maximum absolute atomic E-state index is 13.8. The van der Waals surface area contributed by atoms with Gasteiger partial charge < -0.3 is 10.2 Å². The smallest absolute Gasteiger partial charge is 0.231 e. The SMILES string of the molecule is CCCc1nnc(NC(=O)C2CCCN(c3ccnc4ccc(F)cc34)C2)s1. The molecule has 1 saturated heterocycles. The van der Waals surface area contributed by atoms with Gasteiger partial charge in [0, 0.05) is 36.8 Å². The van der Waals surface area contributed by atoms with Crippen LogP contribution in [0.15, 0.2) is 30.5 Å². The van der Waals surface area contributed by atoms with Gasteiger partial charge in [0.1, 0.15) is 10.8 Å². The van der Waals surface area contributed by atoms with Gasteiger partial charge in [-0.1, -0.05) is 18.3 Å². The quantitative estimate of drug-likeness (QED) is 0.701. The van der Waals surface area contributed by atoms with Gasteiger partial charge in [0.25, 0.3) is 0 Å². The third kappa shape index (κ3) is 3.96. The molecule has 1 unspecified atom stereocenters. The van der Waals surface area contributed by atoms with Gasteiger partial charge in [0.2, 0.25) is 11.0 Å². The number of nitrogens with zero attached hydrogens (tertiary/aromatic N) is 4. The summed E-state index contributed by atoms with van der Waals surface area (Å²) in [6.45, 7) is 3.51. The number of rotatable bonds is 5. The van der Waals surface area contributed by atoms with E-state index in [1.807, 2.05) is 6.07 Å². The van der Waals surface area contributed by atoms with Crippen LogP contribution in [0.2, 0.25) is 0 Å². The van der Waals surface area contributed by atoms with Crippen LogP contribution in [0, 0.1) is 11.7 Å². The Morgan fingerprint density at radius 3 is 3.11 bits per heavy atom. The van der Waals surface area contributed by atoms with Gasteiger partial charge in [-0.25, -0.2) is 4.39 Å². The molecule has 1 aliphatic heterocycles. The number of benzene rings is 1. The van der Waals surface area contributed by atoms with Gasteiger partial charge in [-0.3, -0.25) is 9.78 Å². The first-order valence-electron chi connectivity index (χ1n) is 9.56. The first-order chi connectivity index (χ1) is 13.6. The molecule has 1 N–H and O–H groups in total. The Morgan fingerprint density at radius 1 is 1.36 bits per heavy atom. The van der Waals surface area contributed by atoms with Crippen LogP contribution in [0.5, 0.6) is 0 Å². The molecule has 1 amide bonds. The van der Waals surface area contributed by atoms with E-state index in [1.54, 1.807) is 12.3 Å². The van der Waals surface area contributed by atoms with Gasteiger partial charge in [-0.15, -0.1) is 10.2 Å². The van der Waals surface area contributed by atoms with Gasteiger partial charge in [0.05, 0.1) is 11.4 Å². The molecule has 0 spiro atoms. The average molecular weight is 399 g/mol. The second-order valence-electron chi connectivity index (χ2n) is 7.02. The standard InChI is InChI=1S/C20H22FN5OS/c1-2-4-18-24-25-20(28-18)23-19(27)13-5-3-10-26(12-13)17-8-9-22-16-7-6-14(21)11-15(16)17/h6-9,11,13H,2-5,10,12H2,1H3,(H,23,25,27). The molecule has 6 nitrogen and oxygen atoms in total. The lowest BCUT2D eigenvalue weighted by Gasteiger charge is -2.34. The number of anilines is 2. The first kappa shape index (κ1) is 18.7. The highest BCUT2D eigenvalue weighted by atomic mass is 32.1. The second-order valence-corrected chi connectivity index (χ2v) is 8.08. The van der Waals surface area contributed by atoms with Crippen molar-refractivity contribution in [3.8, 4) is 0 Å². The summed E-state index contributed by atoms with van der Waals surface area (Å²) < 4.78 is 13.8. The number of fused-ring (bicyclic) bond motifs is 1. The van der Waals surface area contributed by atoms with E-state index in [0.717, 1.165) is 53.8 Å². The number of pyridine rings is 1. The molecule has 2 aromatic heterocycles. The third-order valence-corrected chi connectivity index (χ3v) is 5.87. The van der Waals surface area contributed by atoms with Crippen LogP contribution in [0.3, 0.4) is 0 Å². The fraction of sp³-hybridized carbons (Fsp3) is 0.400. The fourth-order valence-electron chi connectivity index (χ4n) is 3.62. The number of amides is 1. The number of halogens is 1. The Morgan fingerprint density at radius 2 is 2.25 bits per heavy atom. The van der Waals surface area contributed by atoms with E-state index in [1.165, 1.54) is 23.5 Å². The van der Waals surface area contributed by atoms with E-state index in [-0.39, 0.29) is 17.6 Å². The lowest BCUT2D eigenvalue weighted by molar-refractivity contribution is -0.120. The fourth-order valence-corrected chi connectivity index (χ4v) is 4.46. The van der Waals surface area contributed by atoms with Crippen LogP contribution in [-0.4, -0.2) is 34.2 Å². The van der Waals surface area contributed by atoms with E-state index >= 15 is 0 Å². The normalized spacial score (nSPS) is 17.1. The van der Waals surface area contributed by atoms with Crippen LogP contribution >= 0.6 is 11.3 Å². The van der Waals surface area contributed by atoms with Crippen molar-refractivity contribution >= 4 is 39.0 Å². The number of carbonyl (C=O) groups is 1. The summed E-state index contributed by atoms with van der Waals surface area (Å²) in [6.07, 6.45) is 5.32. The Hall–Kier alpha value is -2.61. The molecule has 0 saturated carbocycles. The molecular weight excluding hydrogens is 377 g/mol. The molecule has 0 radical (unpaired) electrons. The number of aryl methyl sites for hydroxylation is 1. The minimum Gasteiger partial charge on any atom is -0.370 e. The predicted molar refractivity (Wildman–Crippen MR) is 109 cm³/mol. The van der Waals surface area contributed by atoms with Crippen LogP contribution in [-0.2, 0) is 11.2 Å². The van der Waals surface area contributed by atoms with Crippen molar-refractivity contribution < 1.29 is 9.18 Å². The zero-order valence-electron chi connectivity index (χ0n) is 15.7. The summed E-state index contributed by atoms with van der Waals surface area (Å²) in [6, 6.07) is 6.51. The molecule has 4 rings (SSSR count). The van der Waals surface area contributed by atoms with Crippen molar-refractivity contribution in [2.24, 2.45) is 5.92 Å². The summed E-state index contributed by atoms with van der Waals surface area (Å²) in [5.74, 6) is -0.468. The van der Waals surface area contributed by atoms with Crippen molar-refractivity contribution in [3.63, 3.8) is 0 Å². The molecule has 8 heteroatoms. The van der Waals surface area contributed by atoms with Crippen LogP contribution in [0.4, 0.5) is 15.2 Å². The maximum atomic E-state index is 13.8. The van der Waals surface area contributed by atoms with Crippen LogP contribution in [0.1, 0.15) is 31.2 Å². The molecule has 0 aliphatic carbocycles. The number of piperidine rings is 1. The number of carbonyl (C=O) groups excluding carboxylic acids is 1. The van der Waals surface area contributed by atoms with Crippen molar-refractivity contribution in [2.45, 2.75) is 32.6 Å². The molecular formula is C20H22FN5OS. The van der Waals surface area contributed by atoms with Crippen molar-refractivity contribution in [1.29, 1.82) is 0 Å². The summed E-state index contributed by atoms with van der Waals surface area (Å²) in [5, 5.41) is 13.4. The average Bonchev–Trinajstić information content (AvgIpc) is 3.14. The largest absolute Gasteiger partial charge is 0.370 e. The third-order valence-electron chi connectivity index (χ3n) is 4.97. The van der Waals surface area contributed by atoms with Gasteiger partial charge in [-0.05, 0) is 43.5 Å². The minimum atomic E-state index is -0.285. The molecule has 1 aromatic carbocycles. The Labute approximate surface area is 166 Å². The Bertz CT molecular complexity index is 992. The van der Waals surface area contributed by atoms with Crippen LogP contribution < -0.4 is 10.2 Å². The highest BCUT2D eigenvalue weighted by Gasteiger charge is 2.27. The van der Waals surface area contributed by atoms with Crippen molar-refractivity contribution in [1.82, 2.24) is 15.2 Å². The maximum Gasteiger partial charge on any atom is 0.231 e. The van der Waals surface area contributed by atoms with E-state index in [9.17, 15) is 9.18 Å². The summed E-state index contributed by atoms with van der Waals surface area (Å²) in [7, 11) is 0. The second kappa shape index (κ2) is 8.18. The molecule has 0 bridgehead atoms. The Balaban J connectivity index is 1.50. The van der Waals surface area contributed by atoms with Gasteiger partial charge in [0.15, 0.2) is 0 Å². The molecule has 1 fully saturated rings. The van der Waals surface area contributed by atoms with Crippen molar-refractivity contribution in [2.75, 3.05) is 23.3 Å². The molecule has 3 heterocycles. The summed E-state index contributed by atoms with van der Waals surface area (Å²) >= 11 is 1.43. The summed E-state index contributed by atoms with van der Waals surface area (Å²) in [4.78, 5) is 19.2. The summed E-state index contributed by atoms with van der Waals surface area (Å²) in [5.41, 5.74) is 1.67. The predicted octanol–water partition coefficient (Wildman–Crippen LogP) is 4.03. The number of nitrogens with one attached hydrogen (secondary N) is 1. The highest BCUT2D eigenvalue weighted by molar-refractivity contribution is 7.15. The van der Waals surface area contributed by atoms with Crippen molar-refractivity contribution in [3.05, 3.63) is 41.3 Å². The molecule has 146 valence electrons. The van der Waals surface area contributed by atoms with Gasteiger partial charge >= 0.3 is 0 Å². The number of aromatic nitrogens is 3. The zero-order valence-corrected chi connectivity index (χ0v) is 16.5. The van der Waals surface area contributed by atoms with E-state index in [4.69, 9.17) is 0 Å². The highest BCUT2D eigenvalue weighted by Crippen LogP contribution is 2.30. The monoisotopic (exact) mass is 399 g/mol. The number of hydrogen-bond acceptors (Lipinski definition) is 6.